The maximum absolute atomic E-state index is 7.04. The van der Waals surface area contributed by atoms with Gasteiger partial charge in [-0.05, 0) is 93.7 Å². The third kappa shape index (κ3) is 8.70. The Morgan fingerprint density at radius 3 is 1.03 bits per heavy atom. The van der Waals surface area contributed by atoms with Crippen LogP contribution >= 0.6 is 0 Å². The van der Waals surface area contributed by atoms with Gasteiger partial charge in [0.25, 0.3) is 0 Å². The molecule has 4 unspecified atom stereocenters. The van der Waals surface area contributed by atoms with Gasteiger partial charge in [-0.15, -0.1) is 0 Å². The topological polar surface area (TPSA) is 62.0 Å². The zero-order chi connectivity index (χ0) is 45.2. The average Bonchev–Trinajstić information content (AvgIpc) is 4.35. The summed E-state index contributed by atoms with van der Waals surface area (Å²) in [7, 11) is 0. The molecule has 0 saturated carbocycles. The molecule has 0 spiro atoms. The van der Waals surface area contributed by atoms with Crippen molar-refractivity contribution in [3.8, 4) is 67.1 Å². The predicted octanol–water partition coefficient (Wildman–Crippen LogP) is 13.1. The first-order valence-corrected chi connectivity index (χ1v) is 23.5. The Hall–Kier alpha value is -6.80. The lowest BCUT2D eigenvalue weighted by Gasteiger charge is -2.36. The molecule has 0 bridgehead atoms. The third-order valence-corrected chi connectivity index (χ3v) is 13.2. The maximum Gasteiger partial charge on any atom is 0.135 e. The normalized spacial score (nSPS) is 17.2. The number of benzene rings is 8. The van der Waals surface area contributed by atoms with Crippen LogP contribution in [0.5, 0.6) is 11.5 Å². The second kappa shape index (κ2) is 18.8. The zero-order valence-corrected chi connectivity index (χ0v) is 38.0. The van der Waals surface area contributed by atoms with Gasteiger partial charge in [-0.25, -0.2) is 0 Å². The van der Waals surface area contributed by atoms with Crippen LogP contribution in [0.25, 0.3) is 55.6 Å². The summed E-state index contributed by atoms with van der Waals surface area (Å²) in [5.74, 6) is 1.63. The first kappa shape index (κ1) is 42.8. The molecule has 0 aromatic heterocycles. The van der Waals surface area contributed by atoms with Gasteiger partial charge in [0.2, 0.25) is 0 Å². The van der Waals surface area contributed by atoms with Crippen molar-refractivity contribution in [2.45, 2.75) is 43.7 Å². The highest BCUT2D eigenvalue weighted by molar-refractivity contribution is 5.92. The van der Waals surface area contributed by atoms with Crippen molar-refractivity contribution in [2.75, 3.05) is 39.6 Å². The Morgan fingerprint density at radius 2 is 0.716 bits per heavy atom. The van der Waals surface area contributed by atoms with Crippen LogP contribution in [-0.4, -0.2) is 64.1 Å². The standard InChI is InChI=1S/C61H54O6/c1-41(62-37-49-39-64-49)35-66-59-53(43-19-7-3-8-20-43)31-47(32-54(59)44-21-9-4-10-22-44)61(57-29-17-15-27-51(57)52-28-16-18-30-58(52)61)48-33-55(45-23-11-5-12-24-45)60(56(34-48)46-25-13-6-14-26-46)67-36-42(2)63-38-50-40-65-50/h3-34,41-42,49-50H,35-40H2,1-2H3. The molecule has 6 heteroatoms. The minimum Gasteiger partial charge on any atom is -0.490 e. The van der Waals surface area contributed by atoms with E-state index in [4.69, 9.17) is 28.4 Å². The summed E-state index contributed by atoms with van der Waals surface area (Å²) < 4.78 is 37.4. The molecule has 2 heterocycles. The summed E-state index contributed by atoms with van der Waals surface area (Å²) in [6.45, 7) is 7.52. The number of rotatable bonds is 18. The zero-order valence-electron chi connectivity index (χ0n) is 38.0. The fraction of sp³-hybridized carbons (Fsp3) is 0.213. The third-order valence-electron chi connectivity index (χ3n) is 13.2. The van der Waals surface area contributed by atoms with Crippen LogP contribution in [0.2, 0.25) is 0 Å². The first-order valence-electron chi connectivity index (χ1n) is 23.5. The van der Waals surface area contributed by atoms with E-state index >= 15 is 0 Å². The minimum absolute atomic E-state index is 0.147. The molecule has 67 heavy (non-hydrogen) atoms. The predicted molar refractivity (Wildman–Crippen MR) is 267 cm³/mol. The molecule has 2 fully saturated rings. The number of ether oxygens (including phenoxy) is 6. The van der Waals surface area contributed by atoms with E-state index in [9.17, 15) is 0 Å². The van der Waals surface area contributed by atoms with Crippen molar-refractivity contribution in [2.24, 2.45) is 0 Å². The molecular weight excluding hydrogens is 829 g/mol. The molecule has 2 aliphatic heterocycles. The highest BCUT2D eigenvalue weighted by Crippen LogP contribution is 2.59. The number of epoxide rings is 2. The lowest BCUT2D eigenvalue weighted by Crippen LogP contribution is -2.29. The molecule has 0 amide bonds. The summed E-state index contributed by atoms with van der Waals surface area (Å²) >= 11 is 0. The van der Waals surface area contributed by atoms with Gasteiger partial charge in [0, 0.05) is 22.3 Å². The smallest absolute Gasteiger partial charge is 0.135 e. The van der Waals surface area contributed by atoms with Crippen molar-refractivity contribution in [3.63, 3.8) is 0 Å². The monoisotopic (exact) mass is 882 g/mol. The Balaban J connectivity index is 1.19. The van der Waals surface area contributed by atoms with E-state index in [0.717, 1.165) is 80.3 Å². The van der Waals surface area contributed by atoms with Crippen LogP contribution < -0.4 is 9.47 Å². The molecule has 4 atom stereocenters. The lowest BCUT2D eigenvalue weighted by molar-refractivity contribution is 0.0243. The van der Waals surface area contributed by atoms with E-state index < -0.39 is 5.41 Å². The fourth-order valence-electron chi connectivity index (χ4n) is 9.72. The molecule has 1 aliphatic carbocycles. The van der Waals surface area contributed by atoms with Gasteiger partial charge in [0.1, 0.15) is 36.9 Å². The lowest BCUT2D eigenvalue weighted by atomic mass is 9.66. The second-order valence-electron chi connectivity index (χ2n) is 17.9. The Morgan fingerprint density at radius 1 is 0.418 bits per heavy atom. The second-order valence-corrected chi connectivity index (χ2v) is 17.9. The quantitative estimate of drug-likeness (QED) is 0.0800. The van der Waals surface area contributed by atoms with Crippen molar-refractivity contribution in [1.29, 1.82) is 0 Å². The van der Waals surface area contributed by atoms with Crippen molar-refractivity contribution in [1.82, 2.24) is 0 Å². The van der Waals surface area contributed by atoms with Gasteiger partial charge in [0.05, 0.1) is 44.1 Å². The molecule has 334 valence electrons. The Labute approximate surface area is 393 Å². The van der Waals surface area contributed by atoms with Gasteiger partial charge in [0.15, 0.2) is 0 Å². The Kier molecular flexibility index (Phi) is 12.0. The van der Waals surface area contributed by atoms with Crippen LogP contribution in [-0.2, 0) is 24.4 Å². The van der Waals surface area contributed by atoms with Crippen LogP contribution in [0, 0.1) is 0 Å². The Bertz CT molecular complexity index is 2640. The SMILES string of the molecule is CC(COc1c(-c2ccccc2)cc(C2(c3cc(-c4ccccc4)c(OCC(C)OCC4CO4)c(-c4ccccc4)c3)c3ccccc3-c3ccccc32)cc1-c1ccccc1)OCC1CO1. The molecular formula is C61H54O6. The van der Waals surface area contributed by atoms with Gasteiger partial charge in [-0.3, -0.25) is 0 Å². The molecule has 0 N–H and O–H groups in total. The van der Waals surface area contributed by atoms with E-state index in [2.05, 4.69) is 208 Å². The van der Waals surface area contributed by atoms with Crippen molar-refractivity contribution >= 4 is 0 Å². The molecule has 8 aromatic rings. The van der Waals surface area contributed by atoms with E-state index in [1.807, 2.05) is 0 Å². The van der Waals surface area contributed by atoms with Crippen LogP contribution in [0.3, 0.4) is 0 Å². The molecule has 6 nitrogen and oxygen atoms in total. The van der Waals surface area contributed by atoms with Gasteiger partial charge < -0.3 is 28.4 Å². The van der Waals surface area contributed by atoms with E-state index in [0.29, 0.717) is 26.4 Å². The minimum atomic E-state index is -0.800. The van der Waals surface area contributed by atoms with E-state index in [1.54, 1.807) is 0 Å². The van der Waals surface area contributed by atoms with E-state index in [-0.39, 0.29) is 24.4 Å². The molecule has 2 saturated heterocycles. The number of hydrogen-bond donors (Lipinski definition) is 0. The number of hydrogen-bond acceptors (Lipinski definition) is 6. The summed E-state index contributed by atoms with van der Waals surface area (Å²) in [5.41, 5.74) is 14.6. The van der Waals surface area contributed by atoms with Crippen LogP contribution in [0.4, 0.5) is 0 Å². The van der Waals surface area contributed by atoms with Crippen molar-refractivity contribution in [3.05, 3.63) is 216 Å². The maximum atomic E-state index is 7.04. The molecule has 3 aliphatic rings. The average molecular weight is 883 g/mol. The summed E-state index contributed by atoms with van der Waals surface area (Å²) in [5, 5.41) is 0. The van der Waals surface area contributed by atoms with Crippen molar-refractivity contribution < 1.29 is 28.4 Å². The van der Waals surface area contributed by atoms with Crippen LogP contribution in [0.1, 0.15) is 36.1 Å². The fourth-order valence-corrected chi connectivity index (χ4v) is 9.72. The van der Waals surface area contributed by atoms with Gasteiger partial charge >= 0.3 is 0 Å². The first-order chi connectivity index (χ1) is 33.0. The molecule has 11 rings (SSSR count). The van der Waals surface area contributed by atoms with Gasteiger partial charge in [-0.1, -0.05) is 170 Å². The summed E-state index contributed by atoms with van der Waals surface area (Å²) in [4.78, 5) is 0. The summed E-state index contributed by atoms with van der Waals surface area (Å²) in [6.07, 6.45) is 0.0495. The van der Waals surface area contributed by atoms with E-state index in [1.165, 1.54) is 22.3 Å². The highest BCUT2D eigenvalue weighted by atomic mass is 16.6. The molecule has 0 radical (unpaired) electrons. The van der Waals surface area contributed by atoms with Gasteiger partial charge in [-0.2, -0.15) is 0 Å². The van der Waals surface area contributed by atoms with Crippen LogP contribution in [0.15, 0.2) is 194 Å². The molecule has 8 aromatic carbocycles. The summed E-state index contributed by atoms with van der Waals surface area (Å²) in [6, 6.07) is 70.0. The largest absolute Gasteiger partial charge is 0.490 e. The highest BCUT2D eigenvalue weighted by Gasteiger charge is 2.47. The number of fused-ring (bicyclic) bond motifs is 3.